The SMILES string of the molecule is CCOc1ccc(NC(=O)C(=O)Nn2c(C(=O)Nc3ccccc3C)cc3cc(Cl)ccc32)cc1. The largest absolute Gasteiger partial charge is 0.494 e. The second kappa shape index (κ2) is 10.3. The molecule has 0 saturated carbocycles. The van der Waals surface area contributed by atoms with Gasteiger partial charge in [0, 0.05) is 21.8 Å². The molecule has 3 aromatic carbocycles. The number of nitrogens with one attached hydrogen (secondary N) is 3. The van der Waals surface area contributed by atoms with E-state index in [9.17, 15) is 14.4 Å². The topological polar surface area (TPSA) is 101 Å². The Hall–Kier alpha value is -4.30. The number of amides is 3. The molecule has 0 radical (unpaired) electrons. The second-order valence-electron chi connectivity index (χ2n) is 7.69. The lowest BCUT2D eigenvalue weighted by atomic mass is 10.2. The number of nitrogens with zero attached hydrogens (tertiary/aromatic N) is 1. The number of hydrogen-bond donors (Lipinski definition) is 3. The van der Waals surface area contributed by atoms with Crippen LogP contribution in [-0.2, 0) is 9.59 Å². The van der Waals surface area contributed by atoms with Crippen LogP contribution >= 0.6 is 11.6 Å². The molecule has 0 bridgehead atoms. The molecule has 8 nitrogen and oxygen atoms in total. The molecule has 0 saturated heterocycles. The van der Waals surface area contributed by atoms with Crippen molar-refractivity contribution in [1.82, 2.24) is 4.68 Å². The lowest BCUT2D eigenvalue weighted by Crippen LogP contribution is -2.36. The summed E-state index contributed by atoms with van der Waals surface area (Å²) in [5.41, 5.74) is 5.10. The molecule has 0 aliphatic carbocycles. The quantitative estimate of drug-likeness (QED) is 0.332. The van der Waals surface area contributed by atoms with E-state index in [1.54, 1.807) is 54.6 Å². The minimum Gasteiger partial charge on any atom is -0.494 e. The third kappa shape index (κ3) is 5.44. The van der Waals surface area contributed by atoms with Gasteiger partial charge in [-0.1, -0.05) is 29.8 Å². The van der Waals surface area contributed by atoms with Crippen LogP contribution in [-0.4, -0.2) is 29.0 Å². The van der Waals surface area contributed by atoms with Crippen molar-refractivity contribution in [3.63, 3.8) is 0 Å². The summed E-state index contributed by atoms with van der Waals surface area (Å²) in [7, 11) is 0. The Morgan fingerprint density at radius 3 is 2.37 bits per heavy atom. The van der Waals surface area contributed by atoms with E-state index in [2.05, 4.69) is 16.1 Å². The summed E-state index contributed by atoms with van der Waals surface area (Å²) in [6, 6.07) is 20.5. The van der Waals surface area contributed by atoms with Gasteiger partial charge in [-0.2, -0.15) is 0 Å². The van der Waals surface area contributed by atoms with Crippen LogP contribution in [0.25, 0.3) is 10.9 Å². The van der Waals surface area contributed by atoms with E-state index in [1.807, 2.05) is 32.0 Å². The van der Waals surface area contributed by atoms with Gasteiger partial charge >= 0.3 is 11.8 Å². The minimum atomic E-state index is -0.948. The molecule has 3 N–H and O–H groups in total. The van der Waals surface area contributed by atoms with Crippen LogP contribution in [0.1, 0.15) is 23.0 Å². The first kappa shape index (κ1) is 23.8. The Kier molecular flexibility index (Phi) is 7.03. The molecule has 1 heterocycles. The first-order chi connectivity index (χ1) is 16.9. The van der Waals surface area contributed by atoms with E-state index in [1.165, 1.54) is 4.68 Å². The molecular formula is C26H23ClN4O4. The predicted octanol–water partition coefficient (Wildman–Crippen LogP) is 4.96. The fourth-order valence-corrected chi connectivity index (χ4v) is 3.70. The van der Waals surface area contributed by atoms with E-state index in [-0.39, 0.29) is 5.69 Å². The number of aryl methyl sites for hydroxylation is 1. The first-order valence-electron chi connectivity index (χ1n) is 10.9. The van der Waals surface area contributed by atoms with Gasteiger partial charge in [0.1, 0.15) is 11.4 Å². The zero-order valence-electron chi connectivity index (χ0n) is 19.1. The molecule has 0 fully saturated rings. The number of carbonyl (C=O) groups is 3. The molecular weight excluding hydrogens is 468 g/mol. The summed E-state index contributed by atoms with van der Waals surface area (Å²) >= 11 is 6.12. The number of hydrogen-bond acceptors (Lipinski definition) is 4. The van der Waals surface area contributed by atoms with Crippen LogP contribution in [0.3, 0.4) is 0 Å². The normalized spacial score (nSPS) is 10.6. The van der Waals surface area contributed by atoms with Crippen molar-refractivity contribution in [3.05, 3.63) is 89.1 Å². The van der Waals surface area contributed by atoms with Crippen molar-refractivity contribution in [2.75, 3.05) is 22.7 Å². The first-order valence-corrected chi connectivity index (χ1v) is 11.3. The summed E-state index contributed by atoms with van der Waals surface area (Å²) in [5, 5.41) is 6.48. The molecule has 1 aromatic heterocycles. The highest BCUT2D eigenvalue weighted by Gasteiger charge is 2.21. The maximum absolute atomic E-state index is 13.1. The van der Waals surface area contributed by atoms with E-state index < -0.39 is 17.7 Å². The zero-order chi connectivity index (χ0) is 24.9. The molecule has 0 aliphatic heterocycles. The van der Waals surface area contributed by atoms with Gasteiger partial charge in [-0.05, 0) is 74.0 Å². The maximum Gasteiger partial charge on any atom is 0.328 e. The average molecular weight is 491 g/mol. The van der Waals surface area contributed by atoms with Crippen LogP contribution < -0.4 is 20.8 Å². The Balaban J connectivity index is 1.58. The van der Waals surface area contributed by atoms with Crippen LogP contribution in [0.5, 0.6) is 5.75 Å². The van der Waals surface area contributed by atoms with E-state index in [0.29, 0.717) is 39.7 Å². The molecule has 35 heavy (non-hydrogen) atoms. The number of anilines is 2. The Morgan fingerprint density at radius 2 is 1.66 bits per heavy atom. The number of fused-ring (bicyclic) bond motifs is 1. The molecule has 0 aliphatic rings. The van der Waals surface area contributed by atoms with Crippen LogP contribution in [0.15, 0.2) is 72.8 Å². The number of carbonyl (C=O) groups excluding carboxylic acids is 3. The number of aromatic nitrogens is 1. The van der Waals surface area contributed by atoms with Gasteiger partial charge in [0.2, 0.25) is 0 Å². The van der Waals surface area contributed by atoms with Crippen LogP contribution in [0.4, 0.5) is 11.4 Å². The summed E-state index contributed by atoms with van der Waals surface area (Å²) in [5.74, 6) is -1.65. The zero-order valence-corrected chi connectivity index (χ0v) is 19.8. The smallest absolute Gasteiger partial charge is 0.328 e. The Bertz CT molecular complexity index is 1410. The Labute approximate surface area is 206 Å². The van der Waals surface area contributed by atoms with Gasteiger partial charge < -0.3 is 15.4 Å². The lowest BCUT2D eigenvalue weighted by Gasteiger charge is -2.13. The second-order valence-corrected chi connectivity index (χ2v) is 8.13. The molecule has 4 rings (SSSR count). The standard InChI is InChI=1S/C26H23ClN4O4/c1-3-35-20-11-9-19(10-12-20)28-25(33)26(34)30-31-22-13-8-18(27)14-17(22)15-23(31)24(32)29-21-7-5-4-6-16(21)2/h4-15H,3H2,1-2H3,(H,28,33)(H,29,32)(H,30,34). The molecule has 4 aromatic rings. The summed E-state index contributed by atoms with van der Waals surface area (Å²) in [4.78, 5) is 38.5. The van der Waals surface area contributed by atoms with Crippen LogP contribution in [0.2, 0.25) is 5.02 Å². The fourth-order valence-electron chi connectivity index (χ4n) is 3.51. The van der Waals surface area contributed by atoms with Gasteiger partial charge in [0.25, 0.3) is 5.91 Å². The van der Waals surface area contributed by atoms with Gasteiger partial charge in [-0.15, -0.1) is 0 Å². The highest BCUT2D eigenvalue weighted by atomic mass is 35.5. The molecule has 9 heteroatoms. The predicted molar refractivity (Wildman–Crippen MR) is 137 cm³/mol. The lowest BCUT2D eigenvalue weighted by molar-refractivity contribution is -0.133. The summed E-state index contributed by atoms with van der Waals surface area (Å²) in [6.45, 7) is 4.26. The van der Waals surface area contributed by atoms with Crippen LogP contribution in [0, 0.1) is 6.92 Å². The van der Waals surface area contributed by atoms with Gasteiger partial charge in [0.15, 0.2) is 0 Å². The maximum atomic E-state index is 13.1. The van der Waals surface area contributed by atoms with Crippen molar-refractivity contribution in [2.45, 2.75) is 13.8 Å². The van der Waals surface area contributed by atoms with Crippen molar-refractivity contribution in [2.24, 2.45) is 0 Å². The number of para-hydroxylation sites is 1. The monoisotopic (exact) mass is 490 g/mol. The number of benzene rings is 3. The molecule has 0 atom stereocenters. The summed E-state index contributed by atoms with van der Waals surface area (Å²) < 4.78 is 6.65. The van der Waals surface area contributed by atoms with Gasteiger partial charge in [-0.3, -0.25) is 19.8 Å². The third-order valence-electron chi connectivity index (χ3n) is 5.23. The van der Waals surface area contributed by atoms with Crippen molar-refractivity contribution in [3.8, 4) is 5.75 Å². The van der Waals surface area contributed by atoms with Gasteiger partial charge in [0.05, 0.1) is 12.1 Å². The van der Waals surface area contributed by atoms with Crippen molar-refractivity contribution >= 4 is 51.6 Å². The highest BCUT2D eigenvalue weighted by molar-refractivity contribution is 6.42. The summed E-state index contributed by atoms with van der Waals surface area (Å²) in [6.07, 6.45) is 0. The minimum absolute atomic E-state index is 0.132. The highest BCUT2D eigenvalue weighted by Crippen LogP contribution is 2.24. The number of halogens is 1. The molecule has 178 valence electrons. The number of ether oxygens (including phenoxy) is 1. The van der Waals surface area contributed by atoms with E-state index in [0.717, 1.165) is 5.56 Å². The van der Waals surface area contributed by atoms with Gasteiger partial charge in [-0.25, -0.2) is 4.68 Å². The fraction of sp³-hybridized carbons (Fsp3) is 0.115. The number of rotatable bonds is 6. The average Bonchev–Trinajstić information content (AvgIpc) is 3.19. The van der Waals surface area contributed by atoms with E-state index >= 15 is 0 Å². The molecule has 0 unspecified atom stereocenters. The Morgan fingerprint density at radius 1 is 0.914 bits per heavy atom. The third-order valence-corrected chi connectivity index (χ3v) is 5.47. The molecule has 0 spiro atoms. The molecule has 3 amide bonds. The van der Waals surface area contributed by atoms with Crippen molar-refractivity contribution in [1.29, 1.82) is 0 Å². The van der Waals surface area contributed by atoms with Crippen molar-refractivity contribution < 1.29 is 19.1 Å². The van der Waals surface area contributed by atoms with E-state index in [4.69, 9.17) is 16.3 Å².